The van der Waals surface area contributed by atoms with E-state index in [1.165, 1.54) is 23.1 Å². The second-order valence-electron chi connectivity index (χ2n) is 10.6. The van der Waals surface area contributed by atoms with Crippen molar-refractivity contribution < 1.29 is 36.3 Å². The topological polar surface area (TPSA) is 134 Å². The Labute approximate surface area is 221 Å². The first-order chi connectivity index (χ1) is 17.8. The third-order valence-electron chi connectivity index (χ3n) is 6.38. The van der Waals surface area contributed by atoms with Crippen LogP contribution in [-0.2, 0) is 24.3 Å². The molecule has 212 valence electrons. The minimum atomic E-state index is -4.37. The quantitative estimate of drug-likeness (QED) is 0.423. The lowest BCUT2D eigenvalue weighted by molar-refractivity contribution is -0.119. The molecule has 1 aromatic rings. The Hall–Kier alpha value is -2.80. The molecule has 1 heterocycles. The molecule has 2 aliphatic rings. The summed E-state index contributed by atoms with van der Waals surface area (Å²) in [6, 6.07) is 2.94. The zero-order valence-corrected chi connectivity index (χ0v) is 22.7. The molecule has 3 amide bonds. The van der Waals surface area contributed by atoms with Crippen LogP contribution in [0.15, 0.2) is 23.1 Å². The summed E-state index contributed by atoms with van der Waals surface area (Å²) in [6.07, 6.45) is 1.47. The molecule has 1 atom stereocenters. The van der Waals surface area contributed by atoms with Gasteiger partial charge >= 0.3 is 6.09 Å². The van der Waals surface area contributed by atoms with E-state index in [1.807, 2.05) is 4.72 Å². The summed E-state index contributed by atoms with van der Waals surface area (Å²) >= 11 is 0. The summed E-state index contributed by atoms with van der Waals surface area (Å²) in [7, 11) is -4.37. The largest absolute Gasteiger partial charge is 0.444 e. The molecule has 3 rings (SSSR count). The first-order valence-electron chi connectivity index (χ1n) is 12.8. The predicted octanol–water partition coefficient (Wildman–Crippen LogP) is 3.77. The molecule has 1 aliphatic carbocycles. The van der Waals surface area contributed by atoms with Crippen LogP contribution in [0.1, 0.15) is 65.7 Å². The maximum atomic E-state index is 13.4. The number of anilines is 2. The van der Waals surface area contributed by atoms with Crippen molar-refractivity contribution >= 4 is 39.3 Å². The molecule has 0 unspecified atom stereocenters. The highest BCUT2D eigenvalue weighted by Crippen LogP contribution is 2.33. The standard InChI is InChI=1S/C25H36F2N4O6S/c1-25(2,3)37-24(34)30-22(16-8-5-4-6-9-16)23(33)29-17-11-12-19(38(35,36)28-15-20(26)27)18(14-17)31-13-7-10-21(31)32/h11-12,14,16,20,22,28H,4-10,13,15H2,1-3H3,(H,29,33)(H,30,34)/t22-/m0/s1. The summed E-state index contributed by atoms with van der Waals surface area (Å²) in [5.74, 6) is -0.938. The van der Waals surface area contributed by atoms with Gasteiger partial charge in [0, 0.05) is 18.7 Å². The fraction of sp³-hybridized carbons (Fsp3) is 0.640. The lowest BCUT2D eigenvalue weighted by atomic mass is 9.83. The summed E-state index contributed by atoms with van der Waals surface area (Å²) < 4.78 is 58.1. The van der Waals surface area contributed by atoms with Gasteiger partial charge in [-0.1, -0.05) is 19.3 Å². The van der Waals surface area contributed by atoms with Crippen LogP contribution in [0.25, 0.3) is 0 Å². The minimum absolute atomic E-state index is 0.0126. The predicted molar refractivity (Wildman–Crippen MR) is 138 cm³/mol. The van der Waals surface area contributed by atoms with E-state index in [1.54, 1.807) is 20.8 Å². The molecule has 3 N–H and O–H groups in total. The van der Waals surface area contributed by atoms with Gasteiger partial charge in [0.1, 0.15) is 16.5 Å². The van der Waals surface area contributed by atoms with Gasteiger partial charge in [0.15, 0.2) is 0 Å². The molecule has 0 radical (unpaired) electrons. The van der Waals surface area contributed by atoms with Crippen LogP contribution in [0.5, 0.6) is 0 Å². The number of ether oxygens (including phenoxy) is 1. The van der Waals surface area contributed by atoms with Gasteiger partial charge in [-0.2, -0.15) is 0 Å². The van der Waals surface area contributed by atoms with Gasteiger partial charge in [-0.3, -0.25) is 9.59 Å². The van der Waals surface area contributed by atoms with Gasteiger partial charge in [-0.05, 0) is 64.2 Å². The smallest absolute Gasteiger partial charge is 0.408 e. The van der Waals surface area contributed by atoms with E-state index in [0.717, 1.165) is 32.1 Å². The average molecular weight is 559 g/mol. The number of hydrogen-bond acceptors (Lipinski definition) is 6. The summed E-state index contributed by atoms with van der Waals surface area (Å²) in [6.45, 7) is 4.33. The van der Waals surface area contributed by atoms with Crippen molar-refractivity contribution in [3.05, 3.63) is 18.2 Å². The summed E-state index contributed by atoms with van der Waals surface area (Å²) in [5.41, 5.74) is -0.570. The molecule has 38 heavy (non-hydrogen) atoms. The Morgan fingerprint density at radius 3 is 2.39 bits per heavy atom. The number of alkyl halides is 2. The van der Waals surface area contributed by atoms with E-state index >= 15 is 0 Å². The molecule has 10 nitrogen and oxygen atoms in total. The monoisotopic (exact) mass is 558 g/mol. The molecular weight excluding hydrogens is 522 g/mol. The number of hydrogen-bond donors (Lipinski definition) is 3. The Morgan fingerprint density at radius 1 is 1.13 bits per heavy atom. The molecule has 2 fully saturated rings. The Morgan fingerprint density at radius 2 is 1.82 bits per heavy atom. The van der Waals surface area contributed by atoms with Gasteiger partial charge in [0.2, 0.25) is 21.8 Å². The Kier molecular flexibility index (Phi) is 9.69. The summed E-state index contributed by atoms with van der Waals surface area (Å²) in [5, 5.41) is 5.42. The highest BCUT2D eigenvalue weighted by Gasteiger charge is 2.34. The van der Waals surface area contributed by atoms with Gasteiger partial charge < -0.3 is 20.3 Å². The van der Waals surface area contributed by atoms with E-state index in [4.69, 9.17) is 4.74 Å². The first-order valence-corrected chi connectivity index (χ1v) is 14.3. The first kappa shape index (κ1) is 29.8. The van der Waals surface area contributed by atoms with Gasteiger partial charge in [-0.25, -0.2) is 26.7 Å². The zero-order chi connectivity index (χ0) is 28.1. The SMILES string of the molecule is CC(C)(C)OC(=O)N[C@H](C(=O)Nc1ccc(S(=O)(=O)NCC(F)F)c(N2CCCC2=O)c1)C1CCCCC1. The number of sulfonamides is 1. The van der Waals surface area contributed by atoms with Gasteiger partial charge in [-0.15, -0.1) is 0 Å². The van der Waals surface area contributed by atoms with Crippen molar-refractivity contribution in [2.75, 3.05) is 23.3 Å². The van der Waals surface area contributed by atoms with Crippen molar-refractivity contribution in [3.63, 3.8) is 0 Å². The second kappa shape index (κ2) is 12.4. The number of amides is 3. The lowest BCUT2D eigenvalue weighted by Gasteiger charge is -2.31. The van der Waals surface area contributed by atoms with Crippen LogP contribution in [0.4, 0.5) is 25.0 Å². The molecule has 1 aromatic carbocycles. The number of alkyl carbamates (subject to hydrolysis) is 1. The number of carbonyl (C=O) groups is 3. The van der Waals surface area contributed by atoms with Crippen LogP contribution < -0.4 is 20.3 Å². The zero-order valence-electron chi connectivity index (χ0n) is 21.9. The number of benzene rings is 1. The molecule has 1 aliphatic heterocycles. The van der Waals surface area contributed by atoms with Gasteiger partial charge in [0.05, 0.1) is 12.2 Å². The van der Waals surface area contributed by atoms with Crippen LogP contribution in [0.2, 0.25) is 0 Å². The summed E-state index contributed by atoms with van der Waals surface area (Å²) in [4.78, 5) is 39.3. The second-order valence-corrected chi connectivity index (χ2v) is 12.3. The van der Waals surface area contributed by atoms with Crippen LogP contribution in [-0.4, -0.2) is 57.5 Å². The Bertz CT molecular complexity index is 1130. The number of rotatable bonds is 9. The Balaban J connectivity index is 1.89. The van der Waals surface area contributed by atoms with E-state index in [0.29, 0.717) is 6.42 Å². The highest BCUT2D eigenvalue weighted by atomic mass is 32.2. The average Bonchev–Trinajstić information content (AvgIpc) is 3.26. The maximum Gasteiger partial charge on any atom is 0.408 e. The highest BCUT2D eigenvalue weighted by molar-refractivity contribution is 7.89. The van der Waals surface area contributed by atoms with Crippen molar-refractivity contribution in [1.29, 1.82) is 0 Å². The molecule has 0 aromatic heterocycles. The minimum Gasteiger partial charge on any atom is -0.444 e. The molecule has 1 saturated carbocycles. The van der Waals surface area contributed by atoms with Crippen molar-refractivity contribution in [3.8, 4) is 0 Å². The molecular formula is C25H36F2N4O6S. The molecule has 13 heteroatoms. The van der Waals surface area contributed by atoms with Crippen molar-refractivity contribution in [2.45, 2.75) is 88.7 Å². The van der Waals surface area contributed by atoms with Crippen LogP contribution >= 0.6 is 0 Å². The lowest BCUT2D eigenvalue weighted by Crippen LogP contribution is -2.50. The van der Waals surface area contributed by atoms with Crippen LogP contribution in [0.3, 0.4) is 0 Å². The van der Waals surface area contributed by atoms with E-state index in [2.05, 4.69) is 10.6 Å². The maximum absolute atomic E-state index is 13.4. The fourth-order valence-electron chi connectivity index (χ4n) is 4.71. The number of nitrogens with zero attached hydrogens (tertiary/aromatic N) is 1. The van der Waals surface area contributed by atoms with Crippen molar-refractivity contribution in [1.82, 2.24) is 10.0 Å². The van der Waals surface area contributed by atoms with E-state index in [-0.39, 0.29) is 41.1 Å². The fourth-order valence-corrected chi connectivity index (χ4v) is 5.90. The number of carbonyl (C=O) groups excluding carboxylic acids is 3. The van der Waals surface area contributed by atoms with E-state index in [9.17, 15) is 31.6 Å². The molecule has 0 spiro atoms. The van der Waals surface area contributed by atoms with Crippen LogP contribution in [0, 0.1) is 5.92 Å². The number of halogens is 2. The molecule has 0 bridgehead atoms. The van der Waals surface area contributed by atoms with Crippen molar-refractivity contribution in [2.24, 2.45) is 5.92 Å². The third kappa shape index (κ3) is 8.10. The normalized spacial score (nSPS) is 17.9. The third-order valence-corrected chi connectivity index (χ3v) is 7.85. The van der Waals surface area contributed by atoms with E-state index < -0.39 is 46.6 Å². The number of nitrogens with one attached hydrogen (secondary N) is 3. The molecule has 1 saturated heterocycles. The van der Waals surface area contributed by atoms with Gasteiger partial charge in [0.25, 0.3) is 6.43 Å².